The molecule has 3 aromatic rings. The molecule has 1 aliphatic carbocycles. The summed E-state index contributed by atoms with van der Waals surface area (Å²) in [6.45, 7) is 1.95. The van der Waals surface area contributed by atoms with E-state index in [1.165, 1.54) is 19.2 Å². The number of dihydropyridines is 1. The molecule has 5 rings (SSSR count). The number of nitro groups is 1. The summed E-state index contributed by atoms with van der Waals surface area (Å²) in [7, 11) is 1.32. The number of ketones is 1. The number of non-ortho nitro benzene ring substituents is 1. The zero-order valence-electron chi connectivity index (χ0n) is 19.6. The fourth-order valence-corrected chi connectivity index (χ4v) is 4.73. The van der Waals surface area contributed by atoms with Crippen molar-refractivity contribution in [2.24, 2.45) is 0 Å². The van der Waals surface area contributed by atoms with Crippen LogP contribution in [0.1, 0.15) is 39.9 Å². The van der Waals surface area contributed by atoms with E-state index in [2.05, 4.69) is 5.32 Å². The van der Waals surface area contributed by atoms with E-state index in [0.717, 1.165) is 11.1 Å². The Morgan fingerprint density at radius 1 is 1.03 bits per heavy atom. The predicted molar refractivity (Wildman–Crippen MR) is 132 cm³/mol. The lowest BCUT2D eigenvalue weighted by Crippen LogP contribution is -2.29. The predicted octanol–water partition coefficient (Wildman–Crippen LogP) is 4.92. The minimum atomic E-state index is -0.612. The SMILES string of the molecule is COC(=O)C1=C(C)NC2=C(C(=O)c3ccccc32)[C@H]1c1ccc(OCc2cccc([N+](=O)[O-])c2)cc1. The Kier molecular flexibility index (Phi) is 5.85. The molecule has 0 saturated carbocycles. The van der Waals surface area contributed by atoms with Gasteiger partial charge in [0.05, 0.1) is 23.3 Å². The van der Waals surface area contributed by atoms with Gasteiger partial charge in [0.25, 0.3) is 5.69 Å². The summed E-state index contributed by atoms with van der Waals surface area (Å²) in [6.07, 6.45) is 0. The van der Waals surface area contributed by atoms with E-state index in [4.69, 9.17) is 9.47 Å². The summed E-state index contributed by atoms with van der Waals surface area (Å²) in [5.74, 6) is -0.696. The highest BCUT2D eigenvalue weighted by Crippen LogP contribution is 2.46. The van der Waals surface area contributed by atoms with E-state index >= 15 is 0 Å². The molecular weight excluding hydrogens is 460 g/mol. The van der Waals surface area contributed by atoms with E-state index in [1.54, 1.807) is 37.3 Å². The molecule has 0 unspecified atom stereocenters. The molecule has 0 fully saturated rings. The first kappa shape index (κ1) is 23.0. The van der Waals surface area contributed by atoms with Crippen molar-refractivity contribution >= 4 is 23.1 Å². The average molecular weight is 482 g/mol. The van der Waals surface area contributed by atoms with Crippen LogP contribution in [0.2, 0.25) is 0 Å². The molecule has 36 heavy (non-hydrogen) atoms. The number of Topliss-reactive ketones (excluding diaryl/α,β-unsaturated/α-hetero) is 1. The van der Waals surface area contributed by atoms with E-state index in [0.29, 0.717) is 39.4 Å². The molecule has 3 aromatic carbocycles. The van der Waals surface area contributed by atoms with Crippen LogP contribution in [0.5, 0.6) is 5.75 Å². The van der Waals surface area contributed by atoms with Crippen LogP contribution in [0.3, 0.4) is 0 Å². The smallest absolute Gasteiger partial charge is 0.336 e. The Bertz CT molecular complexity index is 1470. The van der Waals surface area contributed by atoms with Crippen molar-refractivity contribution in [1.82, 2.24) is 5.32 Å². The van der Waals surface area contributed by atoms with Gasteiger partial charge in [0, 0.05) is 40.4 Å². The van der Waals surface area contributed by atoms with Gasteiger partial charge in [0.2, 0.25) is 0 Å². The Labute approximate surface area is 207 Å². The molecule has 180 valence electrons. The number of esters is 1. The van der Waals surface area contributed by atoms with E-state index in [-0.39, 0.29) is 18.1 Å². The maximum Gasteiger partial charge on any atom is 0.336 e. The molecule has 8 nitrogen and oxygen atoms in total. The van der Waals surface area contributed by atoms with Gasteiger partial charge >= 0.3 is 5.97 Å². The number of carbonyl (C=O) groups is 2. The lowest BCUT2D eigenvalue weighted by molar-refractivity contribution is -0.384. The summed E-state index contributed by atoms with van der Waals surface area (Å²) < 4.78 is 10.9. The van der Waals surface area contributed by atoms with Crippen LogP contribution in [0.4, 0.5) is 5.69 Å². The number of fused-ring (bicyclic) bond motifs is 2. The van der Waals surface area contributed by atoms with Gasteiger partial charge in [0.15, 0.2) is 5.78 Å². The minimum absolute atomic E-state index is 0.00107. The van der Waals surface area contributed by atoms with Crippen molar-refractivity contribution in [2.75, 3.05) is 7.11 Å². The van der Waals surface area contributed by atoms with Gasteiger partial charge in [-0.3, -0.25) is 14.9 Å². The van der Waals surface area contributed by atoms with Crippen LogP contribution in [-0.4, -0.2) is 23.8 Å². The number of carbonyl (C=O) groups excluding carboxylic acids is 2. The van der Waals surface area contributed by atoms with Gasteiger partial charge in [0.1, 0.15) is 12.4 Å². The number of nitrogens with zero attached hydrogens (tertiary/aromatic N) is 1. The summed E-state index contributed by atoms with van der Waals surface area (Å²) in [5, 5.41) is 14.3. The monoisotopic (exact) mass is 482 g/mol. The van der Waals surface area contributed by atoms with Gasteiger partial charge in [-0.05, 0) is 30.2 Å². The highest BCUT2D eigenvalue weighted by atomic mass is 16.6. The second kappa shape index (κ2) is 9.14. The van der Waals surface area contributed by atoms with Gasteiger partial charge in [-0.15, -0.1) is 0 Å². The van der Waals surface area contributed by atoms with Crippen molar-refractivity contribution in [3.05, 3.63) is 122 Å². The van der Waals surface area contributed by atoms with E-state index < -0.39 is 16.8 Å². The van der Waals surface area contributed by atoms with Crippen molar-refractivity contribution in [3.63, 3.8) is 0 Å². The number of ether oxygens (including phenoxy) is 2. The first-order valence-electron chi connectivity index (χ1n) is 11.3. The number of benzene rings is 3. The maximum absolute atomic E-state index is 13.4. The molecule has 1 N–H and O–H groups in total. The molecule has 0 aromatic heterocycles. The van der Waals surface area contributed by atoms with Crippen LogP contribution in [-0.2, 0) is 16.1 Å². The molecule has 1 aliphatic heterocycles. The number of rotatable bonds is 6. The lowest BCUT2D eigenvalue weighted by Gasteiger charge is -2.29. The zero-order chi connectivity index (χ0) is 25.4. The maximum atomic E-state index is 13.4. The minimum Gasteiger partial charge on any atom is -0.489 e. The first-order valence-corrected chi connectivity index (χ1v) is 11.3. The molecule has 0 radical (unpaired) electrons. The highest BCUT2D eigenvalue weighted by molar-refractivity contribution is 6.23. The third-order valence-electron chi connectivity index (χ3n) is 6.39. The van der Waals surface area contributed by atoms with Crippen molar-refractivity contribution < 1.29 is 24.0 Å². The number of allylic oxidation sites excluding steroid dienone is 2. The Balaban J connectivity index is 1.46. The van der Waals surface area contributed by atoms with Crippen molar-refractivity contribution in [3.8, 4) is 5.75 Å². The summed E-state index contributed by atoms with van der Waals surface area (Å²) in [4.78, 5) is 36.8. The van der Waals surface area contributed by atoms with Crippen molar-refractivity contribution in [1.29, 1.82) is 0 Å². The van der Waals surface area contributed by atoms with Gasteiger partial charge in [-0.1, -0.05) is 48.5 Å². The summed E-state index contributed by atoms with van der Waals surface area (Å²) in [5.41, 5.74) is 5.03. The number of nitro benzene ring substituents is 1. The first-order chi connectivity index (χ1) is 17.4. The fourth-order valence-electron chi connectivity index (χ4n) is 4.73. The number of methoxy groups -OCH3 is 1. The third-order valence-corrected chi connectivity index (χ3v) is 6.39. The second-order valence-electron chi connectivity index (χ2n) is 8.54. The normalized spacial score (nSPS) is 16.3. The average Bonchev–Trinajstić information content (AvgIpc) is 3.18. The van der Waals surface area contributed by atoms with Gasteiger partial charge < -0.3 is 14.8 Å². The van der Waals surface area contributed by atoms with Crippen molar-refractivity contribution in [2.45, 2.75) is 19.4 Å². The molecule has 1 atom stereocenters. The number of hydrogen-bond acceptors (Lipinski definition) is 7. The number of hydrogen-bond donors (Lipinski definition) is 1. The number of nitrogens with one attached hydrogen (secondary N) is 1. The third kappa shape index (κ3) is 3.92. The summed E-state index contributed by atoms with van der Waals surface area (Å²) in [6, 6.07) is 20.8. The van der Waals surface area contributed by atoms with Crippen LogP contribution in [0, 0.1) is 10.1 Å². The van der Waals surface area contributed by atoms with Crippen LogP contribution >= 0.6 is 0 Å². The van der Waals surface area contributed by atoms with Gasteiger partial charge in [-0.2, -0.15) is 0 Å². The van der Waals surface area contributed by atoms with Gasteiger partial charge in [-0.25, -0.2) is 4.79 Å². The van der Waals surface area contributed by atoms with Crippen LogP contribution < -0.4 is 10.1 Å². The molecule has 2 aliphatic rings. The summed E-state index contributed by atoms with van der Waals surface area (Å²) >= 11 is 0. The van der Waals surface area contributed by atoms with E-state index in [1.807, 2.05) is 30.3 Å². The highest BCUT2D eigenvalue weighted by Gasteiger charge is 2.42. The molecule has 8 heteroatoms. The lowest BCUT2D eigenvalue weighted by atomic mass is 9.80. The van der Waals surface area contributed by atoms with Crippen LogP contribution in [0.15, 0.2) is 89.6 Å². The fraction of sp³-hybridized carbons (Fsp3) is 0.143. The molecule has 0 spiro atoms. The Hall–Kier alpha value is -4.72. The van der Waals surface area contributed by atoms with Crippen LogP contribution in [0.25, 0.3) is 5.70 Å². The Morgan fingerprint density at radius 2 is 1.75 bits per heavy atom. The standard InChI is InChI=1S/C28H22N2O6/c1-16-23(28(32)35-2)24(25-26(29-16)21-8-3-4-9-22(21)27(25)31)18-10-12-20(13-11-18)36-15-17-6-5-7-19(14-17)30(33)34/h3-14,24,29H,15H2,1-2H3/t24-/m0/s1. The Morgan fingerprint density at radius 3 is 2.44 bits per heavy atom. The second-order valence-corrected chi connectivity index (χ2v) is 8.54. The quantitative estimate of drug-likeness (QED) is 0.302. The molecule has 1 heterocycles. The largest absolute Gasteiger partial charge is 0.489 e. The molecular formula is C28H22N2O6. The zero-order valence-corrected chi connectivity index (χ0v) is 19.6. The molecule has 0 amide bonds. The molecule has 0 saturated heterocycles. The molecule has 0 bridgehead atoms. The topological polar surface area (TPSA) is 108 Å². The van der Waals surface area contributed by atoms with E-state index in [9.17, 15) is 19.7 Å².